The Kier molecular flexibility index (Phi) is 10.6. The molecule has 174 valence electrons. The summed E-state index contributed by atoms with van der Waals surface area (Å²) in [5, 5.41) is 5.08. The average molecular weight is 464 g/mol. The van der Waals surface area contributed by atoms with Gasteiger partial charge in [-0.2, -0.15) is 0 Å². The van der Waals surface area contributed by atoms with Gasteiger partial charge in [-0.25, -0.2) is 19.4 Å². The summed E-state index contributed by atoms with van der Waals surface area (Å²) in [7, 11) is 0. The van der Waals surface area contributed by atoms with Crippen LogP contribution in [0, 0.1) is 0 Å². The van der Waals surface area contributed by atoms with Gasteiger partial charge in [-0.05, 0) is 51.5 Å². The Labute approximate surface area is 191 Å². The summed E-state index contributed by atoms with van der Waals surface area (Å²) in [6.45, 7) is 7.77. The van der Waals surface area contributed by atoms with Crippen LogP contribution in [0.4, 0.5) is 10.5 Å². The van der Waals surface area contributed by atoms with Crippen molar-refractivity contribution in [2.24, 2.45) is 0 Å². The number of aromatic nitrogens is 1. The summed E-state index contributed by atoms with van der Waals surface area (Å²) in [4.78, 5) is 42.4. The highest BCUT2D eigenvalue weighted by molar-refractivity contribution is 7.09. The third-order valence-electron chi connectivity index (χ3n) is 4.22. The lowest BCUT2D eigenvalue weighted by atomic mass is 10.2. The van der Waals surface area contributed by atoms with Crippen LogP contribution in [-0.2, 0) is 20.8 Å². The maximum atomic E-state index is 12.9. The summed E-state index contributed by atoms with van der Waals surface area (Å²) >= 11 is 1.29. The predicted octanol–water partition coefficient (Wildman–Crippen LogP) is 3.96. The van der Waals surface area contributed by atoms with E-state index in [0.717, 1.165) is 0 Å². The van der Waals surface area contributed by atoms with E-state index >= 15 is 0 Å². The highest BCUT2D eigenvalue weighted by Gasteiger charge is 2.18. The molecular weight excluding hydrogens is 434 g/mol. The van der Waals surface area contributed by atoms with Crippen LogP contribution in [0.25, 0.3) is 0 Å². The second kappa shape index (κ2) is 13.4. The number of carbonyl (C=O) groups is 3. The van der Waals surface area contributed by atoms with E-state index in [1.165, 1.54) is 11.3 Å². The van der Waals surface area contributed by atoms with E-state index in [9.17, 15) is 14.4 Å². The van der Waals surface area contributed by atoms with E-state index in [-0.39, 0.29) is 24.9 Å². The average Bonchev–Trinajstić information content (AvgIpc) is 3.25. The van der Waals surface area contributed by atoms with Gasteiger partial charge in [0.15, 0.2) is 5.69 Å². The smallest absolute Gasteiger partial charge is 0.357 e. The lowest BCUT2D eigenvalue weighted by molar-refractivity contribution is 0.0513. The minimum atomic E-state index is -0.482. The molecule has 0 aliphatic rings. The van der Waals surface area contributed by atoms with Crippen LogP contribution < -0.4 is 5.32 Å². The molecule has 0 fully saturated rings. The van der Waals surface area contributed by atoms with Gasteiger partial charge in [0.1, 0.15) is 5.01 Å². The molecule has 0 spiro atoms. The van der Waals surface area contributed by atoms with Gasteiger partial charge in [0.2, 0.25) is 0 Å². The van der Waals surface area contributed by atoms with Crippen molar-refractivity contribution in [2.75, 3.05) is 38.3 Å². The third kappa shape index (κ3) is 7.93. The highest BCUT2D eigenvalue weighted by Crippen LogP contribution is 2.16. The molecule has 9 nitrogen and oxygen atoms in total. The van der Waals surface area contributed by atoms with Crippen molar-refractivity contribution < 1.29 is 28.6 Å². The lowest BCUT2D eigenvalue weighted by Crippen LogP contribution is -2.35. The van der Waals surface area contributed by atoms with Crippen molar-refractivity contribution >= 4 is 35.0 Å². The predicted molar refractivity (Wildman–Crippen MR) is 121 cm³/mol. The normalized spacial score (nSPS) is 10.5. The lowest BCUT2D eigenvalue weighted by Gasteiger charge is -2.22. The first-order valence-corrected chi connectivity index (χ1v) is 11.4. The van der Waals surface area contributed by atoms with Gasteiger partial charge in [-0.3, -0.25) is 0 Å². The molecule has 0 radical (unpaired) electrons. The molecule has 0 saturated carbocycles. The zero-order valence-electron chi connectivity index (χ0n) is 18.6. The summed E-state index contributed by atoms with van der Waals surface area (Å²) < 4.78 is 15.3. The number of hydrogen-bond acceptors (Lipinski definition) is 8. The molecule has 1 aromatic heterocycles. The SMILES string of the molecule is CCOCCCN(Cc1nc(C(=O)OCC)cs1)C(=O)Nc1ccc(C(=O)OCC)cc1. The van der Waals surface area contributed by atoms with Crippen molar-refractivity contribution in [1.29, 1.82) is 0 Å². The molecule has 1 N–H and O–H groups in total. The number of nitrogens with zero attached hydrogens (tertiary/aromatic N) is 2. The number of esters is 2. The van der Waals surface area contributed by atoms with Crippen molar-refractivity contribution in [3.8, 4) is 0 Å². The molecule has 0 saturated heterocycles. The number of nitrogens with one attached hydrogen (secondary N) is 1. The molecule has 10 heteroatoms. The first-order chi connectivity index (χ1) is 15.5. The first-order valence-electron chi connectivity index (χ1n) is 10.5. The number of benzene rings is 1. The van der Waals surface area contributed by atoms with E-state index in [1.54, 1.807) is 48.4 Å². The minimum absolute atomic E-state index is 0.232. The number of hydrogen-bond donors (Lipinski definition) is 1. The van der Waals surface area contributed by atoms with Gasteiger partial charge in [0, 0.05) is 30.8 Å². The molecule has 0 bridgehead atoms. The zero-order valence-corrected chi connectivity index (χ0v) is 19.4. The Morgan fingerprint density at radius 2 is 1.69 bits per heavy atom. The fraction of sp³-hybridized carbons (Fsp3) is 0.455. The Bertz CT molecular complexity index is 884. The van der Waals surface area contributed by atoms with Crippen molar-refractivity contribution in [3.63, 3.8) is 0 Å². The molecule has 0 aliphatic heterocycles. The summed E-state index contributed by atoms with van der Waals surface area (Å²) in [6, 6.07) is 6.16. The van der Waals surface area contributed by atoms with E-state index in [4.69, 9.17) is 14.2 Å². The van der Waals surface area contributed by atoms with E-state index in [2.05, 4.69) is 10.3 Å². The Hall–Kier alpha value is -2.98. The maximum absolute atomic E-state index is 12.9. The van der Waals surface area contributed by atoms with Gasteiger partial charge >= 0.3 is 18.0 Å². The first kappa shape index (κ1) is 25.3. The summed E-state index contributed by atoms with van der Waals surface area (Å²) in [6.07, 6.45) is 0.652. The zero-order chi connectivity index (χ0) is 23.3. The molecule has 2 amide bonds. The number of thiazole rings is 1. The van der Waals surface area contributed by atoms with Crippen LogP contribution in [-0.4, -0.2) is 60.8 Å². The Morgan fingerprint density at radius 1 is 1.00 bits per heavy atom. The molecule has 0 aliphatic carbocycles. The fourth-order valence-corrected chi connectivity index (χ4v) is 3.48. The second-order valence-corrected chi connectivity index (χ2v) is 7.49. The van der Waals surface area contributed by atoms with Crippen LogP contribution in [0.1, 0.15) is 53.0 Å². The number of anilines is 1. The molecular formula is C22H29N3O6S. The van der Waals surface area contributed by atoms with Crippen LogP contribution >= 0.6 is 11.3 Å². The van der Waals surface area contributed by atoms with Gasteiger partial charge in [0.05, 0.1) is 25.3 Å². The van der Waals surface area contributed by atoms with Gasteiger partial charge in [-0.1, -0.05) is 0 Å². The fourth-order valence-electron chi connectivity index (χ4n) is 2.71. The minimum Gasteiger partial charge on any atom is -0.462 e. The largest absolute Gasteiger partial charge is 0.462 e. The maximum Gasteiger partial charge on any atom is 0.357 e. The topological polar surface area (TPSA) is 107 Å². The number of rotatable bonds is 12. The molecule has 0 unspecified atom stereocenters. The monoisotopic (exact) mass is 463 g/mol. The number of urea groups is 1. The quantitative estimate of drug-likeness (QED) is 0.375. The number of ether oxygens (including phenoxy) is 3. The van der Waals surface area contributed by atoms with Crippen molar-refractivity contribution in [3.05, 3.63) is 45.9 Å². The molecule has 2 aromatic rings. The van der Waals surface area contributed by atoms with E-state index in [1.807, 2.05) is 6.92 Å². The Morgan fingerprint density at radius 3 is 2.34 bits per heavy atom. The molecule has 2 rings (SSSR count). The Balaban J connectivity index is 2.05. The second-order valence-electron chi connectivity index (χ2n) is 6.55. The number of amides is 2. The standard InChI is InChI=1S/C22H29N3O6S/c1-4-29-13-7-12-25(14-19-24-18(15-32-19)21(27)31-6-3)22(28)23-17-10-8-16(9-11-17)20(26)30-5-2/h8-11,15H,4-7,12-14H2,1-3H3,(H,23,28). The van der Waals surface area contributed by atoms with Gasteiger partial charge < -0.3 is 24.4 Å². The van der Waals surface area contributed by atoms with Crippen molar-refractivity contribution in [2.45, 2.75) is 33.7 Å². The molecule has 1 heterocycles. The van der Waals surface area contributed by atoms with E-state index in [0.29, 0.717) is 49.0 Å². The third-order valence-corrected chi connectivity index (χ3v) is 5.05. The van der Waals surface area contributed by atoms with Crippen LogP contribution in [0.3, 0.4) is 0 Å². The van der Waals surface area contributed by atoms with Crippen molar-refractivity contribution in [1.82, 2.24) is 9.88 Å². The van der Waals surface area contributed by atoms with Crippen LogP contribution in [0.15, 0.2) is 29.6 Å². The summed E-state index contributed by atoms with van der Waals surface area (Å²) in [5.41, 5.74) is 1.19. The van der Waals surface area contributed by atoms with Crippen LogP contribution in [0.2, 0.25) is 0 Å². The summed E-state index contributed by atoms with van der Waals surface area (Å²) in [5.74, 6) is -0.895. The van der Waals surface area contributed by atoms with Gasteiger partial charge in [-0.15, -0.1) is 11.3 Å². The molecule has 1 aromatic carbocycles. The molecule has 32 heavy (non-hydrogen) atoms. The van der Waals surface area contributed by atoms with E-state index < -0.39 is 11.9 Å². The number of carbonyl (C=O) groups excluding carboxylic acids is 3. The van der Waals surface area contributed by atoms with Gasteiger partial charge in [0.25, 0.3) is 0 Å². The molecule has 0 atom stereocenters. The van der Waals surface area contributed by atoms with Crippen LogP contribution in [0.5, 0.6) is 0 Å². The highest BCUT2D eigenvalue weighted by atomic mass is 32.1.